The number of benzene rings is 2. The van der Waals surface area contributed by atoms with E-state index in [0.717, 1.165) is 41.0 Å². The van der Waals surface area contributed by atoms with Crippen molar-refractivity contribution in [2.45, 2.75) is 40.0 Å². The number of H-pyrrole nitrogens is 1. The standard InChI is InChI=1S/C29H30N2O3S/c1-4-6-17-34-22-13-9-20(10-14-22)25-18-24(26-16-15-23(5-2)35-26)27(29(33)31-25)28(32)30-21-11-7-19(3)8-12-21/h7-16,18H,4-6,17H2,1-3H3,(H,30,32)(H,31,33). The summed E-state index contributed by atoms with van der Waals surface area (Å²) in [5.41, 5.74) is 3.57. The van der Waals surface area contributed by atoms with Gasteiger partial charge in [0, 0.05) is 26.7 Å². The molecule has 0 aliphatic rings. The molecule has 0 fully saturated rings. The zero-order valence-corrected chi connectivity index (χ0v) is 21.1. The van der Waals surface area contributed by atoms with E-state index in [1.54, 1.807) is 11.3 Å². The molecule has 4 aromatic rings. The molecule has 4 rings (SSSR count). The third kappa shape index (κ3) is 5.89. The van der Waals surface area contributed by atoms with Gasteiger partial charge in [-0.3, -0.25) is 9.59 Å². The van der Waals surface area contributed by atoms with Crippen LogP contribution in [0.4, 0.5) is 5.69 Å². The third-order valence-electron chi connectivity index (χ3n) is 5.78. The highest BCUT2D eigenvalue weighted by atomic mass is 32.1. The summed E-state index contributed by atoms with van der Waals surface area (Å²) in [6.07, 6.45) is 2.98. The monoisotopic (exact) mass is 486 g/mol. The van der Waals surface area contributed by atoms with Crippen molar-refractivity contribution in [3.63, 3.8) is 0 Å². The summed E-state index contributed by atoms with van der Waals surface area (Å²) in [5.74, 6) is 0.368. The molecule has 0 saturated heterocycles. The number of aromatic nitrogens is 1. The van der Waals surface area contributed by atoms with Crippen LogP contribution in [-0.2, 0) is 6.42 Å². The highest BCUT2D eigenvalue weighted by molar-refractivity contribution is 7.15. The van der Waals surface area contributed by atoms with E-state index in [2.05, 4.69) is 24.1 Å². The van der Waals surface area contributed by atoms with Crippen molar-refractivity contribution in [1.82, 2.24) is 4.98 Å². The summed E-state index contributed by atoms with van der Waals surface area (Å²) in [7, 11) is 0. The Morgan fingerprint density at radius 3 is 2.40 bits per heavy atom. The van der Waals surface area contributed by atoms with E-state index in [4.69, 9.17) is 4.74 Å². The number of thiophene rings is 1. The number of aryl methyl sites for hydroxylation is 2. The molecule has 0 spiro atoms. The van der Waals surface area contributed by atoms with E-state index in [9.17, 15) is 9.59 Å². The molecule has 6 heteroatoms. The van der Waals surface area contributed by atoms with Crippen LogP contribution in [0, 0.1) is 6.92 Å². The molecule has 0 bridgehead atoms. The lowest BCUT2D eigenvalue weighted by atomic mass is 10.0. The Hall–Kier alpha value is -3.64. The zero-order chi connectivity index (χ0) is 24.8. The molecular weight excluding hydrogens is 456 g/mol. The Balaban J connectivity index is 1.72. The Morgan fingerprint density at radius 1 is 1.00 bits per heavy atom. The lowest BCUT2D eigenvalue weighted by molar-refractivity contribution is 0.102. The van der Waals surface area contributed by atoms with E-state index in [1.165, 1.54) is 4.88 Å². The van der Waals surface area contributed by atoms with Gasteiger partial charge in [0.1, 0.15) is 11.3 Å². The van der Waals surface area contributed by atoms with E-state index >= 15 is 0 Å². The fraction of sp³-hybridized carbons (Fsp3) is 0.241. The number of aromatic amines is 1. The summed E-state index contributed by atoms with van der Waals surface area (Å²) < 4.78 is 5.76. The Labute approximate surface area is 209 Å². The summed E-state index contributed by atoms with van der Waals surface area (Å²) in [6, 6.07) is 21.1. The van der Waals surface area contributed by atoms with Crippen LogP contribution < -0.4 is 15.6 Å². The zero-order valence-electron chi connectivity index (χ0n) is 20.3. The molecule has 5 nitrogen and oxygen atoms in total. The minimum Gasteiger partial charge on any atom is -0.494 e. The summed E-state index contributed by atoms with van der Waals surface area (Å²) in [4.78, 5) is 31.5. The minimum atomic E-state index is -0.428. The number of pyridine rings is 1. The molecule has 2 heterocycles. The number of carbonyl (C=O) groups excluding carboxylic acids is 1. The quantitative estimate of drug-likeness (QED) is 0.249. The van der Waals surface area contributed by atoms with Crippen molar-refractivity contribution in [2.75, 3.05) is 11.9 Å². The number of carbonyl (C=O) groups is 1. The summed E-state index contributed by atoms with van der Waals surface area (Å²) >= 11 is 1.60. The van der Waals surface area contributed by atoms with E-state index < -0.39 is 11.5 Å². The second kappa shape index (κ2) is 11.2. The van der Waals surface area contributed by atoms with Crippen LogP contribution >= 0.6 is 11.3 Å². The molecule has 2 aromatic heterocycles. The smallest absolute Gasteiger partial charge is 0.261 e. The molecule has 1 amide bonds. The van der Waals surface area contributed by atoms with Gasteiger partial charge in [-0.1, -0.05) is 38.0 Å². The van der Waals surface area contributed by atoms with Crippen molar-refractivity contribution in [3.05, 3.63) is 93.1 Å². The molecule has 0 atom stereocenters. The van der Waals surface area contributed by atoms with Crippen LogP contribution in [0.25, 0.3) is 21.7 Å². The van der Waals surface area contributed by atoms with Gasteiger partial charge in [-0.25, -0.2) is 0 Å². The van der Waals surface area contributed by atoms with Crippen LogP contribution in [0.5, 0.6) is 5.75 Å². The average Bonchev–Trinajstić information content (AvgIpc) is 3.35. The lowest BCUT2D eigenvalue weighted by Gasteiger charge is -2.12. The number of unbranched alkanes of at least 4 members (excludes halogenated alkanes) is 1. The van der Waals surface area contributed by atoms with Crippen molar-refractivity contribution >= 4 is 22.9 Å². The summed E-state index contributed by atoms with van der Waals surface area (Å²) in [5, 5.41) is 2.88. The SMILES string of the molecule is CCCCOc1ccc(-c2cc(-c3ccc(CC)s3)c(C(=O)Nc3ccc(C)cc3)c(=O)[nH]2)cc1. The van der Waals surface area contributed by atoms with Crippen LogP contribution in [0.1, 0.15) is 47.5 Å². The van der Waals surface area contributed by atoms with Gasteiger partial charge >= 0.3 is 0 Å². The fourth-order valence-electron chi connectivity index (χ4n) is 3.74. The minimum absolute atomic E-state index is 0.110. The van der Waals surface area contributed by atoms with Gasteiger partial charge in [0.2, 0.25) is 0 Å². The van der Waals surface area contributed by atoms with Crippen molar-refractivity contribution in [1.29, 1.82) is 0 Å². The van der Waals surface area contributed by atoms with E-state index in [-0.39, 0.29) is 5.56 Å². The van der Waals surface area contributed by atoms with Gasteiger partial charge in [0.25, 0.3) is 11.5 Å². The first-order valence-electron chi connectivity index (χ1n) is 12.0. The van der Waals surface area contributed by atoms with E-state index in [0.29, 0.717) is 23.6 Å². The van der Waals surface area contributed by atoms with Crippen molar-refractivity contribution < 1.29 is 9.53 Å². The maximum absolute atomic E-state index is 13.3. The van der Waals surface area contributed by atoms with Gasteiger partial charge in [-0.15, -0.1) is 11.3 Å². The van der Waals surface area contributed by atoms with Crippen molar-refractivity contribution in [3.8, 4) is 27.4 Å². The maximum atomic E-state index is 13.3. The highest BCUT2D eigenvalue weighted by Crippen LogP contribution is 2.33. The second-order valence-corrected chi connectivity index (χ2v) is 9.64. The maximum Gasteiger partial charge on any atom is 0.261 e. The topological polar surface area (TPSA) is 71.2 Å². The molecule has 2 aromatic carbocycles. The normalized spacial score (nSPS) is 10.8. The molecule has 0 saturated carbocycles. The molecule has 0 unspecified atom stereocenters. The predicted octanol–water partition coefficient (Wildman–Crippen LogP) is 7.07. The molecule has 180 valence electrons. The molecule has 2 N–H and O–H groups in total. The summed E-state index contributed by atoms with van der Waals surface area (Å²) in [6.45, 7) is 6.88. The number of anilines is 1. The van der Waals surface area contributed by atoms with E-state index in [1.807, 2.05) is 73.7 Å². The van der Waals surface area contributed by atoms with Gasteiger partial charge in [0.05, 0.1) is 6.61 Å². The van der Waals surface area contributed by atoms with Crippen LogP contribution in [0.3, 0.4) is 0 Å². The fourth-order valence-corrected chi connectivity index (χ4v) is 4.71. The number of nitrogens with one attached hydrogen (secondary N) is 2. The van der Waals surface area contributed by atoms with Gasteiger partial charge in [-0.2, -0.15) is 0 Å². The highest BCUT2D eigenvalue weighted by Gasteiger charge is 2.21. The van der Waals surface area contributed by atoms with Crippen molar-refractivity contribution in [2.24, 2.45) is 0 Å². The molecule has 0 aliphatic carbocycles. The largest absolute Gasteiger partial charge is 0.494 e. The first kappa shape index (κ1) is 24.5. The number of hydrogen-bond donors (Lipinski definition) is 2. The van der Waals surface area contributed by atoms with Gasteiger partial charge in [-0.05, 0) is 79.9 Å². The third-order valence-corrected chi connectivity index (χ3v) is 7.04. The Bertz CT molecular complexity index is 1350. The second-order valence-electron chi connectivity index (χ2n) is 8.47. The first-order chi connectivity index (χ1) is 17.0. The van der Waals surface area contributed by atoms with Crippen LogP contribution in [0.2, 0.25) is 0 Å². The molecule has 0 aliphatic heterocycles. The molecule has 0 radical (unpaired) electrons. The number of rotatable bonds is 9. The average molecular weight is 487 g/mol. The Kier molecular flexibility index (Phi) is 7.83. The molecular formula is C29H30N2O3S. The van der Waals surface area contributed by atoms with Gasteiger partial charge in [0.15, 0.2) is 0 Å². The molecule has 35 heavy (non-hydrogen) atoms. The number of amides is 1. The Morgan fingerprint density at radius 2 is 1.74 bits per heavy atom. The van der Waals surface area contributed by atoms with Crippen LogP contribution in [-0.4, -0.2) is 17.5 Å². The van der Waals surface area contributed by atoms with Gasteiger partial charge < -0.3 is 15.0 Å². The number of ether oxygens (including phenoxy) is 1. The number of hydrogen-bond acceptors (Lipinski definition) is 4. The first-order valence-corrected chi connectivity index (χ1v) is 12.8. The predicted molar refractivity (Wildman–Crippen MR) is 145 cm³/mol. The van der Waals surface area contributed by atoms with Crippen LogP contribution in [0.15, 0.2) is 71.5 Å². The lowest BCUT2D eigenvalue weighted by Crippen LogP contribution is -2.24.